The van der Waals surface area contributed by atoms with Crippen molar-refractivity contribution in [3.63, 3.8) is 0 Å². The van der Waals surface area contributed by atoms with Crippen LogP contribution in [0.5, 0.6) is 5.75 Å². The van der Waals surface area contributed by atoms with Crippen LogP contribution in [-0.4, -0.2) is 16.0 Å². The van der Waals surface area contributed by atoms with E-state index in [-0.39, 0.29) is 17.2 Å². The van der Waals surface area contributed by atoms with E-state index in [2.05, 4.69) is 26.2 Å². The number of rotatable bonds is 2. The topological polar surface area (TPSA) is 62.2 Å². The highest BCUT2D eigenvalue weighted by Gasteiger charge is 2.13. The van der Waals surface area contributed by atoms with E-state index >= 15 is 0 Å². The number of aromatic hydroxyl groups is 1. The van der Waals surface area contributed by atoms with Crippen molar-refractivity contribution in [1.29, 1.82) is 0 Å². The number of halogens is 1. The maximum Gasteiger partial charge on any atom is 0.259 e. The third-order valence-corrected chi connectivity index (χ3v) is 3.22. The molecule has 4 nitrogen and oxygen atoms in total. The summed E-state index contributed by atoms with van der Waals surface area (Å²) in [6.07, 6.45) is 0. The Morgan fingerprint density at radius 2 is 2.00 bits per heavy atom. The first-order valence-corrected chi connectivity index (χ1v) is 6.51. The Hall–Kier alpha value is -1.88. The van der Waals surface area contributed by atoms with Gasteiger partial charge in [0.2, 0.25) is 0 Å². The number of hydrogen-bond acceptors (Lipinski definition) is 3. The molecule has 0 aliphatic heterocycles. The van der Waals surface area contributed by atoms with Crippen LogP contribution in [0.4, 0.5) is 5.69 Å². The number of carbonyl (C=O) groups excluding carboxylic acids is 1. The zero-order valence-corrected chi connectivity index (χ0v) is 12.2. The van der Waals surface area contributed by atoms with Crippen LogP contribution >= 0.6 is 15.9 Å². The predicted octanol–water partition coefficient (Wildman–Crippen LogP) is 3.42. The zero-order chi connectivity index (χ0) is 14.0. The number of anilines is 1. The molecule has 0 aliphatic carbocycles. The normalized spacial score (nSPS) is 10.3. The fourth-order valence-corrected chi connectivity index (χ4v) is 2.09. The molecule has 1 amide bonds. The number of amides is 1. The lowest BCUT2D eigenvalue weighted by molar-refractivity contribution is 0.102. The van der Waals surface area contributed by atoms with E-state index in [4.69, 9.17) is 0 Å². The van der Waals surface area contributed by atoms with Crippen LogP contribution < -0.4 is 5.32 Å². The maximum atomic E-state index is 12.1. The van der Waals surface area contributed by atoms with E-state index in [0.717, 1.165) is 0 Å². The van der Waals surface area contributed by atoms with E-state index in [1.54, 1.807) is 44.2 Å². The summed E-state index contributed by atoms with van der Waals surface area (Å²) in [5.41, 5.74) is 2.24. The molecule has 5 heteroatoms. The number of nitrogens with zero attached hydrogens (tertiary/aromatic N) is 1. The molecule has 2 rings (SSSR count). The van der Waals surface area contributed by atoms with Gasteiger partial charge in [-0.25, -0.2) is 4.98 Å². The van der Waals surface area contributed by atoms with Crippen LogP contribution in [0.3, 0.4) is 0 Å². The minimum absolute atomic E-state index is 0.00252. The largest absolute Gasteiger partial charge is 0.507 e. The Balaban J connectivity index is 2.28. The summed E-state index contributed by atoms with van der Waals surface area (Å²) in [7, 11) is 0. The van der Waals surface area contributed by atoms with Crippen molar-refractivity contribution in [1.82, 2.24) is 4.98 Å². The van der Waals surface area contributed by atoms with Crippen molar-refractivity contribution in [3.05, 3.63) is 51.8 Å². The second-order valence-electron chi connectivity index (χ2n) is 4.19. The molecule has 0 unspecified atom stereocenters. The summed E-state index contributed by atoms with van der Waals surface area (Å²) in [5.74, 6) is -0.351. The summed E-state index contributed by atoms with van der Waals surface area (Å²) in [6, 6.07) is 8.57. The standard InChI is InChI=1S/C14H13BrN2O2/c1-8-4-3-5-10(13(8)18)14(19)17-11-6-7-12(15)16-9(11)2/h3-7,18H,1-2H3,(H,17,19). The summed E-state index contributed by atoms with van der Waals surface area (Å²) in [4.78, 5) is 16.3. The number of phenols is 1. The van der Waals surface area contributed by atoms with Crippen LogP contribution in [-0.2, 0) is 0 Å². The van der Waals surface area contributed by atoms with E-state index in [1.807, 2.05) is 0 Å². The van der Waals surface area contributed by atoms with Gasteiger partial charge in [0.1, 0.15) is 10.4 Å². The third kappa shape index (κ3) is 2.93. The highest BCUT2D eigenvalue weighted by molar-refractivity contribution is 9.10. The van der Waals surface area contributed by atoms with Gasteiger partial charge in [-0.3, -0.25) is 4.79 Å². The first-order chi connectivity index (χ1) is 8.99. The highest BCUT2D eigenvalue weighted by Crippen LogP contribution is 2.23. The van der Waals surface area contributed by atoms with Gasteiger partial charge in [0, 0.05) is 0 Å². The number of carbonyl (C=O) groups is 1. The van der Waals surface area contributed by atoms with Crippen molar-refractivity contribution >= 4 is 27.5 Å². The van der Waals surface area contributed by atoms with Crippen LogP contribution in [0.2, 0.25) is 0 Å². The van der Waals surface area contributed by atoms with Crippen LogP contribution in [0, 0.1) is 13.8 Å². The van der Waals surface area contributed by atoms with Crippen molar-refractivity contribution in [2.75, 3.05) is 5.32 Å². The molecule has 0 spiro atoms. The minimum Gasteiger partial charge on any atom is -0.507 e. The lowest BCUT2D eigenvalue weighted by Gasteiger charge is -2.10. The van der Waals surface area contributed by atoms with E-state index in [0.29, 0.717) is 21.5 Å². The molecule has 0 bridgehead atoms. The van der Waals surface area contributed by atoms with Gasteiger partial charge in [-0.05, 0) is 53.5 Å². The number of benzene rings is 1. The fourth-order valence-electron chi connectivity index (χ4n) is 1.69. The van der Waals surface area contributed by atoms with Crippen LogP contribution in [0.1, 0.15) is 21.6 Å². The number of para-hydroxylation sites is 1. The molecule has 0 aliphatic rings. The number of nitrogens with one attached hydrogen (secondary N) is 1. The summed E-state index contributed by atoms with van der Waals surface area (Å²) in [6.45, 7) is 3.55. The molecule has 98 valence electrons. The van der Waals surface area contributed by atoms with Gasteiger partial charge in [-0.15, -0.1) is 0 Å². The molecule has 0 saturated heterocycles. The molecule has 0 fully saturated rings. The average molecular weight is 321 g/mol. The Morgan fingerprint density at radius 1 is 1.26 bits per heavy atom. The Bertz CT molecular complexity index is 641. The van der Waals surface area contributed by atoms with Gasteiger partial charge in [0.05, 0.1) is 16.9 Å². The van der Waals surface area contributed by atoms with Gasteiger partial charge < -0.3 is 10.4 Å². The molecule has 0 saturated carbocycles. The van der Waals surface area contributed by atoms with Crippen molar-refractivity contribution in [2.45, 2.75) is 13.8 Å². The van der Waals surface area contributed by atoms with Crippen molar-refractivity contribution in [3.8, 4) is 5.75 Å². The molecule has 0 atom stereocenters. The zero-order valence-electron chi connectivity index (χ0n) is 10.6. The third-order valence-electron chi connectivity index (χ3n) is 2.78. The first kappa shape index (κ1) is 13.5. The molecule has 0 radical (unpaired) electrons. The second kappa shape index (κ2) is 5.40. The average Bonchev–Trinajstić information content (AvgIpc) is 2.36. The Kier molecular flexibility index (Phi) is 3.85. The van der Waals surface area contributed by atoms with Crippen molar-refractivity contribution < 1.29 is 9.90 Å². The summed E-state index contributed by atoms with van der Waals surface area (Å²) in [5, 5.41) is 12.6. The lowest BCUT2D eigenvalue weighted by Crippen LogP contribution is -2.13. The number of pyridine rings is 1. The van der Waals surface area contributed by atoms with Gasteiger partial charge in [-0.1, -0.05) is 12.1 Å². The van der Waals surface area contributed by atoms with Crippen LogP contribution in [0.15, 0.2) is 34.9 Å². The van der Waals surface area contributed by atoms with Crippen LogP contribution in [0.25, 0.3) is 0 Å². The maximum absolute atomic E-state index is 12.1. The molecule has 1 aromatic carbocycles. The number of aromatic nitrogens is 1. The van der Waals surface area contributed by atoms with Crippen molar-refractivity contribution in [2.24, 2.45) is 0 Å². The molecular formula is C14H13BrN2O2. The van der Waals surface area contributed by atoms with Gasteiger partial charge in [-0.2, -0.15) is 0 Å². The van der Waals surface area contributed by atoms with Gasteiger partial charge in [0.25, 0.3) is 5.91 Å². The molecule has 2 N–H and O–H groups in total. The second-order valence-corrected chi connectivity index (χ2v) is 5.00. The summed E-state index contributed by atoms with van der Waals surface area (Å²) < 4.78 is 0.710. The minimum atomic E-state index is -0.353. The molecular weight excluding hydrogens is 308 g/mol. The first-order valence-electron chi connectivity index (χ1n) is 5.72. The fraction of sp³-hybridized carbons (Fsp3) is 0.143. The Morgan fingerprint density at radius 3 is 2.68 bits per heavy atom. The van der Waals surface area contributed by atoms with Gasteiger partial charge >= 0.3 is 0 Å². The SMILES string of the molecule is Cc1cccc(C(=O)Nc2ccc(Br)nc2C)c1O. The smallest absolute Gasteiger partial charge is 0.259 e. The number of phenolic OH excluding ortho intramolecular Hbond substituents is 1. The molecule has 2 aromatic rings. The Labute approximate surface area is 119 Å². The lowest BCUT2D eigenvalue weighted by atomic mass is 10.1. The van der Waals surface area contributed by atoms with E-state index in [1.165, 1.54) is 0 Å². The quantitative estimate of drug-likeness (QED) is 0.833. The molecule has 1 aromatic heterocycles. The molecule has 19 heavy (non-hydrogen) atoms. The molecule has 1 heterocycles. The van der Waals surface area contributed by atoms with Gasteiger partial charge in [0.15, 0.2) is 0 Å². The monoisotopic (exact) mass is 320 g/mol. The number of aryl methyl sites for hydroxylation is 2. The van der Waals surface area contributed by atoms with E-state index in [9.17, 15) is 9.90 Å². The predicted molar refractivity (Wildman–Crippen MR) is 77.5 cm³/mol. The number of hydrogen-bond donors (Lipinski definition) is 2. The summed E-state index contributed by atoms with van der Waals surface area (Å²) >= 11 is 3.26. The van der Waals surface area contributed by atoms with E-state index < -0.39 is 0 Å². The highest BCUT2D eigenvalue weighted by atomic mass is 79.9.